The molecule has 0 spiro atoms. The van der Waals surface area contributed by atoms with Gasteiger partial charge in [0.1, 0.15) is 5.75 Å². The molecule has 144 valence electrons. The minimum absolute atomic E-state index is 0.159. The van der Waals surface area contributed by atoms with Crippen molar-refractivity contribution in [2.75, 3.05) is 39.8 Å². The molecule has 26 heavy (non-hydrogen) atoms. The van der Waals surface area contributed by atoms with Crippen LogP contribution in [0.5, 0.6) is 5.75 Å². The van der Waals surface area contributed by atoms with E-state index in [9.17, 15) is 9.59 Å². The third kappa shape index (κ3) is 6.02. The maximum Gasteiger partial charge on any atom is 0.255 e. The number of hydrogen-bond acceptors (Lipinski definition) is 4. The summed E-state index contributed by atoms with van der Waals surface area (Å²) >= 11 is 0. The highest BCUT2D eigenvalue weighted by atomic mass is 16.5. The van der Waals surface area contributed by atoms with Crippen LogP contribution in [0.25, 0.3) is 0 Å². The highest BCUT2D eigenvalue weighted by molar-refractivity contribution is 5.96. The Kier molecular flexibility index (Phi) is 8.41. The van der Waals surface area contributed by atoms with Crippen molar-refractivity contribution in [2.24, 2.45) is 5.92 Å². The summed E-state index contributed by atoms with van der Waals surface area (Å²) in [6.45, 7) is 5.55. The molecule has 6 nitrogen and oxygen atoms in total. The van der Waals surface area contributed by atoms with E-state index in [0.717, 1.165) is 26.1 Å². The number of likely N-dealkylation sites (tertiary alicyclic amines) is 1. The van der Waals surface area contributed by atoms with E-state index in [-0.39, 0.29) is 11.8 Å². The molecule has 1 aliphatic rings. The summed E-state index contributed by atoms with van der Waals surface area (Å²) in [6, 6.07) is 7.21. The van der Waals surface area contributed by atoms with Gasteiger partial charge in [-0.2, -0.15) is 0 Å². The Hall–Kier alpha value is -2.08. The van der Waals surface area contributed by atoms with E-state index in [1.807, 2.05) is 31.0 Å². The first kappa shape index (κ1) is 20.2. The van der Waals surface area contributed by atoms with Crippen LogP contribution in [-0.2, 0) is 4.79 Å². The summed E-state index contributed by atoms with van der Waals surface area (Å²) in [5.74, 6) is 1.17. The normalized spacial score (nSPS) is 17.0. The average molecular weight is 361 g/mol. The van der Waals surface area contributed by atoms with Crippen LogP contribution < -0.4 is 15.4 Å². The van der Waals surface area contributed by atoms with Crippen LogP contribution in [0.3, 0.4) is 0 Å². The van der Waals surface area contributed by atoms with Gasteiger partial charge in [-0.1, -0.05) is 12.1 Å². The summed E-state index contributed by atoms with van der Waals surface area (Å²) in [6.07, 6.45) is 3.37. The van der Waals surface area contributed by atoms with Gasteiger partial charge in [0.05, 0.1) is 12.2 Å². The van der Waals surface area contributed by atoms with Crippen LogP contribution in [0, 0.1) is 5.92 Å². The first-order chi connectivity index (χ1) is 12.7. The number of amides is 2. The summed E-state index contributed by atoms with van der Waals surface area (Å²) in [4.78, 5) is 26.7. The summed E-state index contributed by atoms with van der Waals surface area (Å²) in [5, 5.41) is 6.08. The lowest BCUT2D eigenvalue weighted by Crippen LogP contribution is -2.42. The van der Waals surface area contributed by atoms with Gasteiger partial charge in [0.2, 0.25) is 5.91 Å². The molecule has 2 rings (SSSR count). The molecule has 0 saturated carbocycles. The Bertz CT molecular complexity index is 589. The van der Waals surface area contributed by atoms with Gasteiger partial charge >= 0.3 is 0 Å². The van der Waals surface area contributed by atoms with E-state index < -0.39 is 0 Å². The van der Waals surface area contributed by atoms with Crippen molar-refractivity contribution in [1.82, 2.24) is 15.5 Å². The van der Waals surface area contributed by atoms with Crippen LogP contribution in [0.4, 0.5) is 0 Å². The summed E-state index contributed by atoms with van der Waals surface area (Å²) in [5.41, 5.74) is 0.534. The fourth-order valence-corrected chi connectivity index (χ4v) is 3.38. The lowest BCUT2D eigenvalue weighted by atomic mass is 9.97. The topological polar surface area (TPSA) is 70.7 Å². The van der Waals surface area contributed by atoms with Gasteiger partial charge in [-0.3, -0.25) is 9.59 Å². The molecule has 0 aromatic heterocycles. The number of carbonyl (C=O) groups excluding carboxylic acids is 2. The maximum atomic E-state index is 12.4. The molecule has 1 heterocycles. The van der Waals surface area contributed by atoms with Crippen LogP contribution in [0.2, 0.25) is 0 Å². The number of para-hydroxylation sites is 1. The fourth-order valence-electron chi connectivity index (χ4n) is 3.38. The predicted octanol–water partition coefficient (Wildman–Crippen LogP) is 2.05. The van der Waals surface area contributed by atoms with Crippen molar-refractivity contribution in [2.45, 2.75) is 32.6 Å². The van der Waals surface area contributed by atoms with Gasteiger partial charge in [0, 0.05) is 26.1 Å². The molecule has 1 fully saturated rings. The Morgan fingerprint density at radius 3 is 2.88 bits per heavy atom. The summed E-state index contributed by atoms with van der Waals surface area (Å²) in [7, 11) is 1.95. The van der Waals surface area contributed by atoms with Crippen molar-refractivity contribution in [1.29, 1.82) is 0 Å². The van der Waals surface area contributed by atoms with Crippen LogP contribution in [-0.4, -0.2) is 56.5 Å². The first-order valence-electron chi connectivity index (χ1n) is 9.58. The molecule has 1 aromatic carbocycles. The summed E-state index contributed by atoms with van der Waals surface area (Å²) < 4.78 is 5.49. The second-order valence-corrected chi connectivity index (χ2v) is 6.69. The van der Waals surface area contributed by atoms with Gasteiger partial charge in [-0.05, 0) is 57.8 Å². The lowest BCUT2D eigenvalue weighted by Gasteiger charge is -2.32. The zero-order valence-corrected chi connectivity index (χ0v) is 15.9. The number of rotatable bonds is 9. The van der Waals surface area contributed by atoms with Crippen molar-refractivity contribution in [3.05, 3.63) is 29.8 Å². The van der Waals surface area contributed by atoms with E-state index >= 15 is 0 Å². The highest BCUT2D eigenvalue weighted by Crippen LogP contribution is 2.18. The van der Waals surface area contributed by atoms with E-state index in [1.165, 1.54) is 6.42 Å². The van der Waals surface area contributed by atoms with Crippen molar-refractivity contribution in [3.8, 4) is 5.75 Å². The van der Waals surface area contributed by atoms with E-state index in [0.29, 0.717) is 43.2 Å². The molecule has 1 aliphatic heterocycles. The van der Waals surface area contributed by atoms with Gasteiger partial charge < -0.3 is 20.3 Å². The SMILES string of the molecule is CCOc1ccccc1C(=O)NCCCC(=O)N1CCCC(CNC)C1. The van der Waals surface area contributed by atoms with Gasteiger partial charge in [-0.25, -0.2) is 0 Å². The molecular weight excluding hydrogens is 330 g/mol. The molecule has 2 N–H and O–H groups in total. The molecule has 1 saturated heterocycles. The second kappa shape index (κ2) is 10.8. The molecule has 6 heteroatoms. The molecule has 1 atom stereocenters. The smallest absolute Gasteiger partial charge is 0.255 e. The first-order valence-corrected chi connectivity index (χ1v) is 9.58. The van der Waals surface area contributed by atoms with Gasteiger partial charge in [0.15, 0.2) is 0 Å². The third-order valence-corrected chi connectivity index (χ3v) is 4.65. The van der Waals surface area contributed by atoms with Crippen molar-refractivity contribution in [3.63, 3.8) is 0 Å². The second-order valence-electron chi connectivity index (χ2n) is 6.69. The van der Waals surface area contributed by atoms with Crippen molar-refractivity contribution >= 4 is 11.8 Å². The Morgan fingerprint density at radius 2 is 2.12 bits per heavy atom. The standard InChI is InChI=1S/C20H31N3O3/c1-3-26-18-10-5-4-9-17(18)20(25)22-12-6-11-19(24)23-13-7-8-16(15-23)14-21-2/h4-5,9-10,16,21H,3,6-8,11-15H2,1-2H3,(H,22,25). The number of nitrogens with zero attached hydrogens (tertiary/aromatic N) is 1. The predicted molar refractivity (Wildman–Crippen MR) is 102 cm³/mol. The number of benzene rings is 1. The Balaban J connectivity index is 1.73. The molecule has 2 amide bonds. The van der Waals surface area contributed by atoms with Crippen LogP contribution >= 0.6 is 0 Å². The zero-order valence-electron chi connectivity index (χ0n) is 15.9. The van der Waals surface area contributed by atoms with Gasteiger partial charge in [0.25, 0.3) is 5.91 Å². The van der Waals surface area contributed by atoms with Gasteiger partial charge in [-0.15, -0.1) is 0 Å². The molecule has 0 bridgehead atoms. The molecule has 1 unspecified atom stereocenters. The number of nitrogens with one attached hydrogen (secondary N) is 2. The molecular formula is C20H31N3O3. The average Bonchev–Trinajstić information content (AvgIpc) is 2.66. The Labute approximate surface area is 156 Å². The van der Waals surface area contributed by atoms with Crippen LogP contribution in [0.1, 0.15) is 43.0 Å². The monoisotopic (exact) mass is 361 g/mol. The van der Waals surface area contributed by atoms with Crippen molar-refractivity contribution < 1.29 is 14.3 Å². The zero-order chi connectivity index (χ0) is 18.8. The van der Waals surface area contributed by atoms with Crippen LogP contribution in [0.15, 0.2) is 24.3 Å². The number of ether oxygens (including phenoxy) is 1. The maximum absolute atomic E-state index is 12.4. The van der Waals surface area contributed by atoms with E-state index in [4.69, 9.17) is 4.74 Å². The minimum Gasteiger partial charge on any atom is -0.493 e. The lowest BCUT2D eigenvalue weighted by molar-refractivity contribution is -0.133. The number of hydrogen-bond donors (Lipinski definition) is 2. The Morgan fingerprint density at radius 1 is 1.31 bits per heavy atom. The number of carbonyl (C=O) groups is 2. The highest BCUT2D eigenvalue weighted by Gasteiger charge is 2.22. The molecule has 0 radical (unpaired) electrons. The molecule has 1 aromatic rings. The number of piperidine rings is 1. The van der Waals surface area contributed by atoms with E-state index in [1.54, 1.807) is 12.1 Å². The largest absolute Gasteiger partial charge is 0.493 e. The van der Waals surface area contributed by atoms with E-state index in [2.05, 4.69) is 10.6 Å². The third-order valence-electron chi connectivity index (χ3n) is 4.65. The molecule has 0 aliphatic carbocycles. The quantitative estimate of drug-likeness (QED) is 0.661. The minimum atomic E-state index is -0.159. The fraction of sp³-hybridized carbons (Fsp3) is 0.600.